The van der Waals surface area contributed by atoms with Crippen LogP contribution in [0.1, 0.15) is 24.0 Å². The van der Waals surface area contributed by atoms with Gasteiger partial charge < -0.3 is 19.7 Å². The van der Waals surface area contributed by atoms with Gasteiger partial charge in [0.05, 0.1) is 22.7 Å². The van der Waals surface area contributed by atoms with Crippen molar-refractivity contribution in [2.75, 3.05) is 44.1 Å². The molecule has 0 aromatic heterocycles. The third-order valence-corrected chi connectivity index (χ3v) is 9.67. The molecule has 14 heteroatoms. The normalized spacial score (nSPS) is 19.4. The zero-order chi connectivity index (χ0) is 31.0. The second-order valence-corrected chi connectivity index (χ2v) is 12.4. The lowest BCUT2D eigenvalue weighted by Gasteiger charge is -2.32. The minimum absolute atomic E-state index is 0.0191. The second-order valence-electron chi connectivity index (χ2n) is 10.2. The van der Waals surface area contributed by atoms with E-state index in [2.05, 4.69) is 15.0 Å². The summed E-state index contributed by atoms with van der Waals surface area (Å²) in [6.45, 7) is 3.75. The van der Waals surface area contributed by atoms with Crippen molar-refractivity contribution >= 4 is 33.2 Å². The van der Waals surface area contributed by atoms with Gasteiger partial charge in [-0.25, -0.2) is 17.1 Å². The molecule has 0 spiro atoms. The van der Waals surface area contributed by atoms with Crippen molar-refractivity contribution < 1.29 is 40.2 Å². The number of piperazine rings is 1. The van der Waals surface area contributed by atoms with Crippen molar-refractivity contribution in [2.24, 2.45) is 0 Å². The molecule has 1 atom stereocenters. The predicted molar refractivity (Wildman–Crippen MR) is 152 cm³/mol. The molecule has 1 unspecified atom stereocenters. The number of anilines is 1. The Morgan fingerprint density at radius 2 is 1.70 bits per heavy atom. The molecular weight excluding hydrogens is 614 g/mol. The topological polar surface area (TPSA) is 88.2 Å². The first-order valence-electron chi connectivity index (χ1n) is 13.4. The Morgan fingerprint density at radius 1 is 1.02 bits per heavy atom. The molecule has 43 heavy (non-hydrogen) atoms. The number of alkyl halides is 3. The van der Waals surface area contributed by atoms with E-state index in [0.29, 0.717) is 17.3 Å². The third-order valence-electron chi connectivity index (χ3n) is 7.66. The molecule has 1 N–H and O–H groups in total. The highest BCUT2D eigenvalue weighted by Crippen LogP contribution is 2.53. The molecule has 1 saturated heterocycles. The predicted octanol–water partition coefficient (Wildman–Crippen LogP) is 5.09. The summed E-state index contributed by atoms with van der Waals surface area (Å²) in [5.74, 6) is -2.20. The van der Waals surface area contributed by atoms with Gasteiger partial charge in [0.2, 0.25) is 0 Å². The van der Waals surface area contributed by atoms with Crippen LogP contribution in [0.5, 0.6) is 11.5 Å². The fourth-order valence-electron chi connectivity index (χ4n) is 5.71. The number of nitrogens with zero attached hydrogens (tertiary/aromatic N) is 2. The average Bonchev–Trinajstić information content (AvgIpc) is 3.20. The van der Waals surface area contributed by atoms with Crippen LogP contribution in [0.2, 0.25) is 5.02 Å². The Balaban J connectivity index is 1.64. The van der Waals surface area contributed by atoms with E-state index in [1.165, 1.54) is 37.4 Å². The molecule has 8 nitrogen and oxygen atoms in total. The van der Waals surface area contributed by atoms with Crippen LogP contribution in [0, 0.1) is 5.82 Å². The summed E-state index contributed by atoms with van der Waals surface area (Å²) in [6, 6.07) is 11.9. The molecule has 2 heterocycles. The maximum atomic E-state index is 15.6. The van der Waals surface area contributed by atoms with Crippen LogP contribution in [0.15, 0.2) is 65.6 Å². The second kappa shape index (κ2) is 11.9. The molecular formula is C29H28ClF4N3O5S. The van der Waals surface area contributed by atoms with Crippen LogP contribution >= 0.6 is 11.6 Å². The van der Waals surface area contributed by atoms with Crippen LogP contribution in [0.4, 0.5) is 23.2 Å². The van der Waals surface area contributed by atoms with E-state index in [1.807, 2.05) is 0 Å². The summed E-state index contributed by atoms with van der Waals surface area (Å²) in [6.07, 6.45) is -4.51. The van der Waals surface area contributed by atoms with Gasteiger partial charge >= 0.3 is 6.36 Å². The van der Waals surface area contributed by atoms with Gasteiger partial charge in [-0.1, -0.05) is 29.8 Å². The minimum atomic E-state index is -4.98. The average molecular weight is 642 g/mol. The fourth-order valence-corrected chi connectivity index (χ4v) is 7.43. The lowest BCUT2D eigenvalue weighted by atomic mass is 9.72. The highest BCUT2D eigenvalue weighted by atomic mass is 35.5. The maximum Gasteiger partial charge on any atom is 0.573 e. The van der Waals surface area contributed by atoms with Gasteiger partial charge in [0.1, 0.15) is 22.7 Å². The largest absolute Gasteiger partial charge is 0.573 e. The monoisotopic (exact) mass is 641 g/mol. The molecule has 2 aliphatic rings. The number of carbonyl (C=O) groups is 1. The number of hydrogen-bond donors (Lipinski definition) is 1. The van der Waals surface area contributed by atoms with Gasteiger partial charge in [-0.2, -0.15) is 0 Å². The number of ether oxygens (including phenoxy) is 2. The van der Waals surface area contributed by atoms with Gasteiger partial charge in [-0.15, -0.1) is 13.2 Å². The van der Waals surface area contributed by atoms with Crippen LogP contribution in [0.25, 0.3) is 0 Å². The van der Waals surface area contributed by atoms with Crippen molar-refractivity contribution in [1.82, 2.24) is 10.2 Å². The lowest BCUT2D eigenvalue weighted by molar-refractivity contribution is -0.274. The van der Waals surface area contributed by atoms with Gasteiger partial charge in [0.15, 0.2) is 0 Å². The van der Waals surface area contributed by atoms with E-state index in [-0.39, 0.29) is 34.0 Å². The first kappa shape index (κ1) is 31.0. The molecule has 0 radical (unpaired) electrons. The van der Waals surface area contributed by atoms with E-state index in [4.69, 9.17) is 16.3 Å². The van der Waals surface area contributed by atoms with E-state index in [1.54, 1.807) is 6.07 Å². The Bertz CT molecular complexity index is 1620. The van der Waals surface area contributed by atoms with E-state index in [9.17, 15) is 26.4 Å². The molecule has 3 aromatic carbocycles. The Labute approximate surface area is 251 Å². The number of benzene rings is 3. The number of methoxy groups -OCH3 is 1. The van der Waals surface area contributed by atoms with E-state index in [0.717, 1.165) is 50.4 Å². The Kier molecular flexibility index (Phi) is 8.63. The smallest absolute Gasteiger partial charge is 0.495 e. The lowest BCUT2D eigenvalue weighted by Crippen LogP contribution is -2.46. The molecule has 1 amide bonds. The number of rotatable bonds is 9. The van der Waals surface area contributed by atoms with Crippen LogP contribution in [-0.2, 0) is 20.2 Å². The summed E-state index contributed by atoms with van der Waals surface area (Å²) >= 11 is 6.50. The van der Waals surface area contributed by atoms with Crippen molar-refractivity contribution in [3.05, 3.63) is 82.6 Å². The minimum Gasteiger partial charge on any atom is -0.495 e. The first-order chi connectivity index (χ1) is 20.4. The van der Waals surface area contributed by atoms with Crippen LogP contribution in [-0.4, -0.2) is 65.4 Å². The number of carbonyl (C=O) groups excluding carboxylic acids is 1. The number of hydrogen-bond acceptors (Lipinski definition) is 7. The molecule has 0 saturated carbocycles. The van der Waals surface area contributed by atoms with Crippen molar-refractivity contribution in [3.8, 4) is 11.5 Å². The molecule has 0 aliphatic carbocycles. The maximum absolute atomic E-state index is 15.6. The van der Waals surface area contributed by atoms with E-state index >= 15 is 4.39 Å². The fraction of sp³-hybridized carbons (Fsp3) is 0.345. The summed E-state index contributed by atoms with van der Waals surface area (Å²) in [4.78, 5) is 16.3. The Morgan fingerprint density at radius 3 is 2.33 bits per heavy atom. The third kappa shape index (κ3) is 5.91. The van der Waals surface area contributed by atoms with Gasteiger partial charge in [-0.05, 0) is 61.3 Å². The van der Waals surface area contributed by atoms with Crippen molar-refractivity contribution in [1.29, 1.82) is 0 Å². The number of fused-ring (bicyclic) bond motifs is 1. The summed E-state index contributed by atoms with van der Waals surface area (Å²) < 4.78 is 91.6. The number of amides is 1. The van der Waals surface area contributed by atoms with Crippen LogP contribution < -0.4 is 19.1 Å². The van der Waals surface area contributed by atoms with Gasteiger partial charge in [-0.3, -0.25) is 4.79 Å². The number of sulfonamides is 1. The van der Waals surface area contributed by atoms with Gasteiger partial charge in [0.25, 0.3) is 15.9 Å². The molecule has 230 valence electrons. The standard InChI is InChI=1S/C29H28ClF4N3O5S/c1-41-26-18-25-22(17-23(26)30)28(21-5-2-3-6-24(21)31,11-4-14-36-15-12-35-13-16-36)27(38)37(25)43(39,40)20-9-7-19(8-10-20)42-29(32,33)34/h2-3,5-10,17-18,35H,4,11-16H2,1H3. The van der Waals surface area contributed by atoms with Crippen LogP contribution in [0.3, 0.4) is 0 Å². The SMILES string of the molecule is COc1cc2c(cc1Cl)C(CCCN1CCNCC1)(c1ccccc1F)C(=O)N2S(=O)(=O)c1ccc(OC(F)(F)F)cc1. The highest BCUT2D eigenvalue weighted by Gasteiger charge is 2.57. The van der Waals surface area contributed by atoms with Crippen molar-refractivity contribution in [3.63, 3.8) is 0 Å². The molecule has 1 fully saturated rings. The number of nitrogens with one attached hydrogen (secondary N) is 1. The Hall–Kier alpha value is -3.39. The molecule has 2 aliphatic heterocycles. The zero-order valence-corrected chi connectivity index (χ0v) is 24.5. The molecule has 0 bridgehead atoms. The first-order valence-corrected chi connectivity index (χ1v) is 15.2. The summed E-state index contributed by atoms with van der Waals surface area (Å²) in [5.41, 5.74) is -1.71. The zero-order valence-electron chi connectivity index (χ0n) is 23.0. The van der Waals surface area contributed by atoms with Gasteiger partial charge in [0, 0.05) is 37.8 Å². The van der Waals surface area contributed by atoms with E-state index < -0.39 is 44.2 Å². The number of halogens is 5. The molecule has 5 rings (SSSR count). The highest BCUT2D eigenvalue weighted by molar-refractivity contribution is 7.93. The summed E-state index contributed by atoms with van der Waals surface area (Å²) in [7, 11) is -3.41. The van der Waals surface area contributed by atoms with Crippen molar-refractivity contribution in [2.45, 2.75) is 29.5 Å². The summed E-state index contributed by atoms with van der Waals surface area (Å²) in [5, 5.41) is 3.36. The molecule has 3 aromatic rings. The quantitative estimate of drug-likeness (QED) is 0.326.